The molecule has 1 rings (SSSR count). The third kappa shape index (κ3) is 6.39. The van der Waals surface area contributed by atoms with Crippen molar-refractivity contribution in [2.24, 2.45) is 0 Å². The monoisotopic (exact) mass is 342 g/mol. The van der Waals surface area contributed by atoms with E-state index < -0.39 is 0 Å². The molecule has 0 bridgehead atoms. The lowest BCUT2D eigenvalue weighted by molar-refractivity contribution is -0.122. The zero-order valence-electron chi connectivity index (χ0n) is 12.5. The number of carbonyl (C=O) groups is 1. The molecule has 1 aromatic carbocycles. The highest BCUT2D eigenvalue weighted by Crippen LogP contribution is 2.22. The summed E-state index contributed by atoms with van der Waals surface area (Å²) in [5, 5.41) is 6.20. The Bertz CT molecular complexity index is 456. The zero-order chi connectivity index (χ0) is 15.2. The Morgan fingerprint density at radius 3 is 2.65 bits per heavy atom. The van der Waals surface area contributed by atoms with Gasteiger partial charge in [0.15, 0.2) is 0 Å². The second-order valence-corrected chi connectivity index (χ2v) is 6.54. The molecule has 1 aromatic rings. The molecule has 0 radical (unpaired) electrons. The van der Waals surface area contributed by atoms with Crippen LogP contribution in [0.2, 0.25) is 0 Å². The lowest BCUT2D eigenvalue weighted by Crippen LogP contribution is -2.41. The highest BCUT2D eigenvalue weighted by Gasteiger charge is 2.12. The minimum Gasteiger partial charge on any atom is -0.497 e. The zero-order valence-corrected chi connectivity index (χ0v) is 14.1. The van der Waals surface area contributed by atoms with Crippen molar-refractivity contribution in [2.75, 3.05) is 13.7 Å². The summed E-state index contributed by atoms with van der Waals surface area (Å²) in [6.07, 6.45) is 0.471. The van der Waals surface area contributed by atoms with Crippen LogP contribution in [-0.4, -0.2) is 25.1 Å². The third-order valence-electron chi connectivity index (χ3n) is 2.61. The van der Waals surface area contributed by atoms with Gasteiger partial charge in [-0.25, -0.2) is 0 Å². The summed E-state index contributed by atoms with van der Waals surface area (Å²) >= 11 is 3.51. The maximum Gasteiger partial charge on any atom is 0.221 e. The van der Waals surface area contributed by atoms with Crippen LogP contribution >= 0.6 is 15.9 Å². The van der Waals surface area contributed by atoms with Gasteiger partial charge in [0.05, 0.1) is 7.11 Å². The molecule has 0 aromatic heterocycles. The van der Waals surface area contributed by atoms with E-state index in [9.17, 15) is 4.79 Å². The first-order chi connectivity index (χ1) is 9.31. The van der Waals surface area contributed by atoms with E-state index in [0.717, 1.165) is 15.8 Å². The number of hydrogen-bond acceptors (Lipinski definition) is 3. The molecule has 4 nitrogen and oxygen atoms in total. The summed E-state index contributed by atoms with van der Waals surface area (Å²) in [5.41, 5.74) is 0.938. The van der Waals surface area contributed by atoms with E-state index in [1.54, 1.807) is 7.11 Å². The number of methoxy groups -OCH3 is 1. The van der Waals surface area contributed by atoms with E-state index in [2.05, 4.69) is 26.6 Å². The number of nitrogens with one attached hydrogen (secondary N) is 2. The third-order valence-corrected chi connectivity index (χ3v) is 3.39. The van der Waals surface area contributed by atoms with Gasteiger partial charge >= 0.3 is 0 Å². The standard InChI is InChI=1S/C15H23BrN2O2/c1-15(2,3)18-14(19)7-8-17-10-11-9-12(20-4)5-6-13(11)16/h5-6,9,17H,7-8,10H2,1-4H3,(H,18,19). The molecule has 2 N–H and O–H groups in total. The summed E-state index contributed by atoms with van der Waals surface area (Å²) in [6.45, 7) is 7.27. The van der Waals surface area contributed by atoms with Crippen molar-refractivity contribution in [1.82, 2.24) is 10.6 Å². The lowest BCUT2D eigenvalue weighted by Gasteiger charge is -2.20. The minimum atomic E-state index is -0.174. The predicted molar refractivity (Wildman–Crippen MR) is 84.9 cm³/mol. The van der Waals surface area contributed by atoms with Crippen LogP contribution in [0.3, 0.4) is 0 Å². The maximum atomic E-state index is 11.7. The van der Waals surface area contributed by atoms with Gasteiger partial charge in [-0.3, -0.25) is 4.79 Å². The van der Waals surface area contributed by atoms with E-state index in [0.29, 0.717) is 19.5 Å². The number of benzene rings is 1. The highest BCUT2D eigenvalue weighted by atomic mass is 79.9. The fourth-order valence-corrected chi connectivity index (χ4v) is 2.11. The summed E-state index contributed by atoms with van der Waals surface area (Å²) in [6, 6.07) is 5.85. The van der Waals surface area contributed by atoms with Gasteiger partial charge < -0.3 is 15.4 Å². The van der Waals surface area contributed by atoms with Crippen molar-refractivity contribution in [1.29, 1.82) is 0 Å². The van der Waals surface area contributed by atoms with Crippen LogP contribution in [0.25, 0.3) is 0 Å². The van der Waals surface area contributed by atoms with Gasteiger partial charge in [0, 0.05) is 29.5 Å². The quantitative estimate of drug-likeness (QED) is 0.781. The van der Waals surface area contributed by atoms with E-state index in [4.69, 9.17) is 4.74 Å². The van der Waals surface area contributed by atoms with E-state index >= 15 is 0 Å². The highest BCUT2D eigenvalue weighted by molar-refractivity contribution is 9.10. The second-order valence-electron chi connectivity index (χ2n) is 5.68. The Balaban J connectivity index is 2.36. The first-order valence-corrected chi connectivity index (χ1v) is 7.45. The number of hydrogen-bond donors (Lipinski definition) is 2. The van der Waals surface area contributed by atoms with E-state index in [1.807, 2.05) is 39.0 Å². The molecule has 0 saturated carbocycles. The molecule has 0 spiro atoms. The molecule has 0 atom stereocenters. The molecule has 0 aliphatic carbocycles. The molecule has 0 unspecified atom stereocenters. The average Bonchev–Trinajstić information content (AvgIpc) is 2.34. The molecule has 5 heteroatoms. The largest absolute Gasteiger partial charge is 0.497 e. The van der Waals surface area contributed by atoms with Crippen molar-refractivity contribution in [3.63, 3.8) is 0 Å². The molecule has 0 fully saturated rings. The summed E-state index contributed by atoms with van der Waals surface area (Å²) in [5.74, 6) is 0.894. The number of amides is 1. The minimum absolute atomic E-state index is 0.0645. The Kier molecular flexibility index (Phi) is 6.49. The molecule has 1 amide bonds. The van der Waals surface area contributed by atoms with Gasteiger partial charge in [-0.2, -0.15) is 0 Å². The van der Waals surface area contributed by atoms with Crippen LogP contribution in [0.5, 0.6) is 5.75 Å². The lowest BCUT2D eigenvalue weighted by atomic mass is 10.1. The van der Waals surface area contributed by atoms with Crippen LogP contribution in [0.4, 0.5) is 0 Å². The number of ether oxygens (including phenoxy) is 1. The first kappa shape index (κ1) is 17.0. The average molecular weight is 343 g/mol. The molecular formula is C15H23BrN2O2. The van der Waals surface area contributed by atoms with Crippen LogP contribution in [0.1, 0.15) is 32.8 Å². The normalized spacial score (nSPS) is 11.2. The van der Waals surface area contributed by atoms with Crippen LogP contribution in [-0.2, 0) is 11.3 Å². The Labute approximate surface area is 129 Å². The molecule has 20 heavy (non-hydrogen) atoms. The van der Waals surface area contributed by atoms with Crippen molar-refractivity contribution >= 4 is 21.8 Å². The van der Waals surface area contributed by atoms with Crippen molar-refractivity contribution in [2.45, 2.75) is 39.3 Å². The van der Waals surface area contributed by atoms with Crippen LogP contribution in [0, 0.1) is 0 Å². The number of carbonyl (C=O) groups excluding carboxylic acids is 1. The molecule has 0 saturated heterocycles. The van der Waals surface area contributed by atoms with Gasteiger partial charge in [-0.1, -0.05) is 15.9 Å². The molecule has 0 aliphatic heterocycles. The van der Waals surface area contributed by atoms with Crippen LogP contribution in [0.15, 0.2) is 22.7 Å². The molecular weight excluding hydrogens is 320 g/mol. The number of halogens is 1. The van der Waals surface area contributed by atoms with Gasteiger partial charge in [0.25, 0.3) is 0 Å². The van der Waals surface area contributed by atoms with Gasteiger partial charge in [0.1, 0.15) is 5.75 Å². The summed E-state index contributed by atoms with van der Waals surface area (Å²) in [7, 11) is 1.65. The SMILES string of the molecule is COc1ccc(Br)c(CNCCC(=O)NC(C)(C)C)c1. The smallest absolute Gasteiger partial charge is 0.221 e. The maximum absolute atomic E-state index is 11.7. The molecule has 0 aliphatic rings. The van der Waals surface area contributed by atoms with Crippen LogP contribution < -0.4 is 15.4 Å². The fourth-order valence-electron chi connectivity index (χ4n) is 1.72. The van der Waals surface area contributed by atoms with Gasteiger partial charge in [-0.15, -0.1) is 0 Å². The van der Waals surface area contributed by atoms with Crippen molar-refractivity contribution in [3.8, 4) is 5.75 Å². The topological polar surface area (TPSA) is 50.4 Å². The van der Waals surface area contributed by atoms with E-state index in [1.165, 1.54) is 0 Å². The number of rotatable bonds is 6. The summed E-state index contributed by atoms with van der Waals surface area (Å²) in [4.78, 5) is 11.7. The Morgan fingerprint density at radius 1 is 1.35 bits per heavy atom. The van der Waals surface area contributed by atoms with E-state index in [-0.39, 0.29) is 11.4 Å². The summed E-state index contributed by atoms with van der Waals surface area (Å²) < 4.78 is 6.23. The predicted octanol–water partition coefficient (Wildman–Crippen LogP) is 2.85. The second kappa shape index (κ2) is 7.64. The molecule has 0 heterocycles. The Morgan fingerprint density at radius 2 is 2.05 bits per heavy atom. The van der Waals surface area contributed by atoms with Gasteiger partial charge in [-0.05, 0) is 44.5 Å². The first-order valence-electron chi connectivity index (χ1n) is 6.66. The van der Waals surface area contributed by atoms with Gasteiger partial charge in [0.2, 0.25) is 5.91 Å². The Hall–Kier alpha value is -1.07. The molecule has 112 valence electrons. The van der Waals surface area contributed by atoms with Crippen molar-refractivity contribution in [3.05, 3.63) is 28.2 Å². The van der Waals surface area contributed by atoms with Crippen molar-refractivity contribution < 1.29 is 9.53 Å². The fraction of sp³-hybridized carbons (Fsp3) is 0.533.